The molecule has 3 aliphatic rings. The minimum Gasteiger partial charge on any atom is -0.504 e. The summed E-state index contributed by atoms with van der Waals surface area (Å²) < 4.78 is 10.7. The van der Waals surface area contributed by atoms with Crippen LogP contribution in [0.2, 0.25) is 5.02 Å². The van der Waals surface area contributed by atoms with Crippen molar-refractivity contribution < 1.29 is 34.1 Å². The molecule has 2 fully saturated rings. The molecular formula is C30H28ClN3O7. The van der Waals surface area contributed by atoms with E-state index in [1.54, 1.807) is 43.5 Å². The number of imide groups is 1. The van der Waals surface area contributed by atoms with Gasteiger partial charge < -0.3 is 25.0 Å². The molecule has 11 heteroatoms. The Morgan fingerprint density at radius 3 is 2.39 bits per heavy atom. The lowest BCUT2D eigenvalue weighted by Crippen LogP contribution is -2.53. The number of nitrogens with zero attached hydrogens (tertiary/aromatic N) is 1. The van der Waals surface area contributed by atoms with E-state index in [1.165, 1.54) is 24.1 Å². The number of carbonyl (C=O) groups excluding carboxylic acids is 3. The highest BCUT2D eigenvalue weighted by atomic mass is 35.5. The minimum atomic E-state index is -1.50. The summed E-state index contributed by atoms with van der Waals surface area (Å²) in [6, 6.07) is 14.2. The van der Waals surface area contributed by atoms with E-state index in [-0.39, 0.29) is 30.4 Å². The third-order valence-corrected chi connectivity index (χ3v) is 8.57. The Morgan fingerprint density at radius 1 is 0.902 bits per heavy atom. The average molecular weight is 578 g/mol. The quantitative estimate of drug-likeness (QED) is 0.248. The van der Waals surface area contributed by atoms with Crippen molar-refractivity contribution in [2.24, 2.45) is 11.8 Å². The van der Waals surface area contributed by atoms with Gasteiger partial charge in [-0.15, -0.1) is 0 Å². The molecule has 0 aromatic heterocycles. The number of anilines is 1. The Kier molecular flexibility index (Phi) is 6.55. The highest BCUT2D eigenvalue weighted by molar-refractivity contribution is 6.31. The van der Waals surface area contributed by atoms with Gasteiger partial charge in [-0.2, -0.15) is 0 Å². The number of nitrogens with one attached hydrogen (secondary N) is 2. The van der Waals surface area contributed by atoms with Gasteiger partial charge in [0.1, 0.15) is 5.54 Å². The number of aromatic hydroxyl groups is 2. The Hall–Kier alpha value is -4.28. The van der Waals surface area contributed by atoms with E-state index in [2.05, 4.69) is 10.6 Å². The molecule has 4 N–H and O–H groups in total. The van der Waals surface area contributed by atoms with Gasteiger partial charge in [-0.3, -0.25) is 24.6 Å². The van der Waals surface area contributed by atoms with E-state index in [4.69, 9.17) is 21.1 Å². The Labute approximate surface area is 240 Å². The standard InChI is InChI=1S/C30H28ClN3O7/c1-40-23-8-4-15(13-24(23)41-2)9-10-34-27(37)25-20(11-16-3-7-21(35)22(36)12-16)33-30(26(25)28(34)38)18-14-17(31)5-6-19(18)32-29(30)39/h3-8,12-14,20,25-26,33,35-36H,9-11H2,1-2H3,(H,32,39)/t20?,25-,26+,30?/m1/s1. The number of methoxy groups -OCH3 is 2. The fourth-order valence-electron chi connectivity index (χ4n) is 6.46. The summed E-state index contributed by atoms with van der Waals surface area (Å²) in [6.45, 7) is 0.118. The number of hydrogen-bond donors (Lipinski definition) is 4. The van der Waals surface area contributed by atoms with Crippen molar-refractivity contribution in [2.45, 2.75) is 24.4 Å². The number of phenols is 2. The van der Waals surface area contributed by atoms with Crippen molar-refractivity contribution in [3.05, 3.63) is 76.3 Å². The third-order valence-electron chi connectivity index (χ3n) is 8.34. The van der Waals surface area contributed by atoms with Gasteiger partial charge in [-0.1, -0.05) is 23.7 Å². The summed E-state index contributed by atoms with van der Waals surface area (Å²) in [6.07, 6.45) is 0.602. The molecule has 212 valence electrons. The van der Waals surface area contributed by atoms with Gasteiger partial charge in [0.15, 0.2) is 23.0 Å². The fourth-order valence-corrected chi connectivity index (χ4v) is 6.63. The number of fused-ring (bicyclic) bond motifs is 4. The Bertz CT molecular complexity index is 1590. The van der Waals surface area contributed by atoms with Crippen molar-refractivity contribution in [3.8, 4) is 23.0 Å². The van der Waals surface area contributed by atoms with Crippen molar-refractivity contribution in [3.63, 3.8) is 0 Å². The number of amides is 3. The predicted octanol–water partition coefficient (Wildman–Crippen LogP) is 2.97. The van der Waals surface area contributed by atoms with E-state index in [9.17, 15) is 24.6 Å². The van der Waals surface area contributed by atoms with Crippen LogP contribution >= 0.6 is 11.6 Å². The second kappa shape index (κ2) is 9.97. The summed E-state index contributed by atoms with van der Waals surface area (Å²) >= 11 is 6.33. The summed E-state index contributed by atoms with van der Waals surface area (Å²) in [7, 11) is 3.08. The number of carbonyl (C=O) groups is 3. The number of ether oxygens (including phenoxy) is 2. The summed E-state index contributed by atoms with van der Waals surface area (Å²) in [5, 5.41) is 26.4. The number of halogens is 1. The largest absolute Gasteiger partial charge is 0.504 e. The van der Waals surface area contributed by atoms with Gasteiger partial charge in [0, 0.05) is 28.9 Å². The number of hydrogen-bond acceptors (Lipinski definition) is 8. The average Bonchev–Trinajstić information content (AvgIpc) is 3.53. The fraction of sp³-hybridized carbons (Fsp3) is 0.300. The number of phenolic OH excluding ortho intramolecular Hbond substituents is 2. The molecule has 3 aliphatic heterocycles. The van der Waals surface area contributed by atoms with Crippen LogP contribution < -0.4 is 20.1 Å². The molecule has 1 spiro atoms. The van der Waals surface area contributed by atoms with Crippen LogP contribution in [-0.2, 0) is 32.8 Å². The Morgan fingerprint density at radius 2 is 1.66 bits per heavy atom. The maximum atomic E-state index is 14.1. The smallest absolute Gasteiger partial charge is 0.250 e. The van der Waals surface area contributed by atoms with Gasteiger partial charge in [-0.25, -0.2) is 0 Å². The summed E-state index contributed by atoms with van der Waals surface area (Å²) in [5.74, 6) is -2.55. The second-order valence-corrected chi connectivity index (χ2v) is 10.9. The lowest BCUT2D eigenvalue weighted by Gasteiger charge is -2.29. The SMILES string of the molecule is COc1ccc(CCN2C(=O)[C@@H]3C(Cc4ccc(O)c(O)c4)NC4(C(=O)Nc5ccc(Cl)cc54)[C@@H]3C2=O)cc1OC. The number of rotatable bonds is 7. The molecule has 10 nitrogen and oxygen atoms in total. The zero-order chi connectivity index (χ0) is 29.1. The third kappa shape index (κ3) is 4.17. The van der Waals surface area contributed by atoms with Crippen LogP contribution in [0.5, 0.6) is 23.0 Å². The van der Waals surface area contributed by atoms with Crippen LogP contribution in [0.15, 0.2) is 54.6 Å². The molecule has 0 saturated carbocycles. The molecule has 3 heterocycles. The van der Waals surface area contributed by atoms with Gasteiger partial charge in [0.2, 0.25) is 17.7 Å². The molecule has 3 aromatic rings. The van der Waals surface area contributed by atoms with E-state index in [1.807, 2.05) is 6.07 Å². The van der Waals surface area contributed by atoms with Crippen LogP contribution in [0.3, 0.4) is 0 Å². The van der Waals surface area contributed by atoms with Gasteiger partial charge in [0.25, 0.3) is 0 Å². The van der Waals surface area contributed by atoms with Gasteiger partial charge in [0.05, 0.1) is 26.1 Å². The van der Waals surface area contributed by atoms with Gasteiger partial charge >= 0.3 is 0 Å². The molecule has 3 amide bonds. The summed E-state index contributed by atoms with van der Waals surface area (Å²) in [5.41, 5.74) is 1.02. The molecule has 2 unspecified atom stereocenters. The zero-order valence-electron chi connectivity index (χ0n) is 22.3. The zero-order valence-corrected chi connectivity index (χ0v) is 23.1. The lowest BCUT2D eigenvalue weighted by atomic mass is 9.76. The van der Waals surface area contributed by atoms with Crippen molar-refractivity contribution >= 4 is 35.0 Å². The van der Waals surface area contributed by atoms with E-state index in [0.717, 1.165) is 5.56 Å². The first-order chi connectivity index (χ1) is 19.7. The maximum absolute atomic E-state index is 14.1. The molecule has 6 rings (SSSR count). The number of likely N-dealkylation sites (tertiary alicyclic amines) is 1. The first kappa shape index (κ1) is 26.9. The molecule has 41 heavy (non-hydrogen) atoms. The predicted molar refractivity (Wildman–Crippen MR) is 149 cm³/mol. The topological polar surface area (TPSA) is 137 Å². The molecule has 0 radical (unpaired) electrons. The monoisotopic (exact) mass is 577 g/mol. The molecule has 4 atom stereocenters. The molecule has 0 aliphatic carbocycles. The Balaban J connectivity index is 1.36. The van der Waals surface area contributed by atoms with E-state index in [0.29, 0.717) is 39.8 Å². The van der Waals surface area contributed by atoms with Crippen LogP contribution in [0, 0.1) is 11.8 Å². The van der Waals surface area contributed by atoms with Crippen LogP contribution in [-0.4, -0.2) is 59.6 Å². The van der Waals surface area contributed by atoms with Crippen LogP contribution in [0.4, 0.5) is 5.69 Å². The molecule has 0 bridgehead atoms. The van der Waals surface area contributed by atoms with E-state index >= 15 is 0 Å². The second-order valence-electron chi connectivity index (χ2n) is 10.5. The van der Waals surface area contributed by atoms with Crippen molar-refractivity contribution in [1.29, 1.82) is 0 Å². The van der Waals surface area contributed by atoms with Crippen LogP contribution in [0.25, 0.3) is 0 Å². The van der Waals surface area contributed by atoms with Crippen molar-refractivity contribution in [1.82, 2.24) is 10.2 Å². The minimum absolute atomic E-state index is 0.118. The lowest BCUT2D eigenvalue weighted by molar-refractivity contribution is -0.142. The van der Waals surface area contributed by atoms with Crippen molar-refractivity contribution in [2.75, 3.05) is 26.1 Å². The highest BCUT2D eigenvalue weighted by Crippen LogP contribution is 2.53. The number of benzene rings is 3. The molecule has 2 saturated heterocycles. The normalized spacial score (nSPS) is 24.5. The molecule has 3 aromatic carbocycles. The van der Waals surface area contributed by atoms with E-state index < -0.39 is 35.2 Å². The summed E-state index contributed by atoms with van der Waals surface area (Å²) in [4.78, 5) is 43.0. The maximum Gasteiger partial charge on any atom is 0.250 e. The first-order valence-electron chi connectivity index (χ1n) is 13.1. The van der Waals surface area contributed by atoms with Gasteiger partial charge in [-0.05, 0) is 66.4 Å². The van der Waals surface area contributed by atoms with Crippen LogP contribution in [0.1, 0.15) is 16.7 Å². The first-order valence-corrected chi connectivity index (χ1v) is 13.5. The highest BCUT2D eigenvalue weighted by Gasteiger charge is 2.70. The molecular weight excluding hydrogens is 550 g/mol.